The smallest absolute Gasteiger partial charge is 0.328 e. The van der Waals surface area contributed by atoms with Gasteiger partial charge in [-0.15, -0.1) is 6.58 Å². The molecule has 0 aliphatic rings. The Labute approximate surface area is 72.4 Å². The van der Waals surface area contributed by atoms with Gasteiger partial charge in [-0.05, 0) is 12.3 Å². The summed E-state index contributed by atoms with van der Waals surface area (Å²) in [7, 11) is 0. The zero-order chi connectivity index (χ0) is 8.85. The minimum absolute atomic E-state index is 0.162. The second-order valence-electron chi connectivity index (χ2n) is 2.77. The topological polar surface area (TPSA) is 26.3 Å². The summed E-state index contributed by atoms with van der Waals surface area (Å²) in [6.07, 6.45) is 2.31. The number of carbonyl (C=O) groups is 1. The third-order valence-electron chi connectivity index (χ3n) is 1.60. The third-order valence-corrected chi connectivity index (χ3v) is 1.76. The van der Waals surface area contributed by atoms with Crippen LogP contribution in [0.15, 0.2) is 12.7 Å². The van der Waals surface area contributed by atoms with Gasteiger partial charge in [0.15, 0.2) is 0 Å². The fraction of sp³-hybridized carbons (Fsp3) is 0.625. The van der Waals surface area contributed by atoms with E-state index in [1.54, 1.807) is 6.08 Å². The monoisotopic (exact) mass is 176 g/mol. The highest BCUT2D eigenvalue weighted by molar-refractivity contribution is 6.13. The van der Waals surface area contributed by atoms with E-state index in [9.17, 15) is 4.79 Å². The molecule has 0 amide bonds. The molecule has 1 atom stereocenters. The Bertz CT molecular complexity index is 143. The first-order valence-corrected chi connectivity index (χ1v) is 3.87. The van der Waals surface area contributed by atoms with Gasteiger partial charge in [-0.1, -0.05) is 19.9 Å². The molecule has 0 heterocycles. The molecule has 0 rings (SSSR count). The Kier molecular flexibility index (Phi) is 4.95. The molecule has 0 aromatic rings. The van der Waals surface area contributed by atoms with Crippen molar-refractivity contribution in [3.05, 3.63) is 12.7 Å². The van der Waals surface area contributed by atoms with E-state index in [4.69, 9.17) is 11.9 Å². The number of carbonyl (C=O) groups excluding carboxylic acids is 1. The first-order valence-electron chi connectivity index (χ1n) is 3.56. The Balaban J connectivity index is 4.08. The molecular weight excluding hydrogens is 164 g/mol. The van der Waals surface area contributed by atoms with Gasteiger partial charge >= 0.3 is 5.97 Å². The van der Waals surface area contributed by atoms with Gasteiger partial charge in [0, 0.05) is 0 Å². The molecule has 0 radical (unpaired) electrons. The zero-order valence-corrected chi connectivity index (χ0v) is 7.60. The van der Waals surface area contributed by atoms with Crippen molar-refractivity contribution in [2.24, 2.45) is 11.8 Å². The van der Waals surface area contributed by atoms with Crippen LogP contribution in [0.2, 0.25) is 0 Å². The SMILES string of the molecule is C=CCC(C(=O)OCl)C(C)C. The molecular formula is C8H13ClO2. The summed E-state index contributed by atoms with van der Waals surface area (Å²) in [5.74, 6) is -0.300. The second-order valence-corrected chi connectivity index (χ2v) is 2.93. The summed E-state index contributed by atoms with van der Waals surface area (Å²) in [6, 6.07) is 0. The molecule has 0 fully saturated rings. The first kappa shape index (κ1) is 10.5. The maximum absolute atomic E-state index is 10.9. The fourth-order valence-corrected chi connectivity index (χ4v) is 0.992. The second kappa shape index (κ2) is 5.19. The Morgan fingerprint density at radius 1 is 1.73 bits per heavy atom. The lowest BCUT2D eigenvalue weighted by atomic mass is 9.93. The maximum Gasteiger partial charge on any atom is 0.328 e. The summed E-state index contributed by atoms with van der Waals surface area (Å²) in [4.78, 5) is 10.9. The van der Waals surface area contributed by atoms with Gasteiger partial charge in [-0.3, -0.25) is 4.79 Å². The lowest BCUT2D eigenvalue weighted by Gasteiger charge is -2.14. The van der Waals surface area contributed by atoms with Crippen molar-refractivity contribution in [3.63, 3.8) is 0 Å². The van der Waals surface area contributed by atoms with Crippen LogP contribution in [0.4, 0.5) is 0 Å². The normalized spacial score (nSPS) is 12.7. The van der Waals surface area contributed by atoms with Crippen molar-refractivity contribution in [1.29, 1.82) is 0 Å². The van der Waals surface area contributed by atoms with E-state index in [2.05, 4.69) is 10.9 Å². The van der Waals surface area contributed by atoms with Gasteiger partial charge in [0.1, 0.15) is 11.9 Å². The van der Waals surface area contributed by atoms with Crippen molar-refractivity contribution in [1.82, 2.24) is 0 Å². The molecule has 11 heavy (non-hydrogen) atoms. The molecule has 0 N–H and O–H groups in total. The van der Waals surface area contributed by atoms with Crippen molar-refractivity contribution >= 4 is 17.8 Å². The summed E-state index contributed by atoms with van der Waals surface area (Å²) >= 11 is 4.94. The third kappa shape index (κ3) is 3.42. The highest BCUT2D eigenvalue weighted by Crippen LogP contribution is 2.17. The van der Waals surface area contributed by atoms with Crippen LogP contribution in [0.5, 0.6) is 0 Å². The summed E-state index contributed by atoms with van der Waals surface area (Å²) < 4.78 is 4.11. The predicted octanol–water partition coefficient (Wildman–Crippen LogP) is 2.53. The lowest BCUT2D eigenvalue weighted by molar-refractivity contribution is -0.139. The quantitative estimate of drug-likeness (QED) is 0.616. The van der Waals surface area contributed by atoms with E-state index in [1.807, 2.05) is 13.8 Å². The molecule has 0 bridgehead atoms. The van der Waals surface area contributed by atoms with Crippen LogP contribution in [0.3, 0.4) is 0 Å². The number of hydrogen-bond donors (Lipinski definition) is 0. The number of allylic oxidation sites excluding steroid dienone is 1. The number of halogens is 1. The van der Waals surface area contributed by atoms with Crippen molar-refractivity contribution in [3.8, 4) is 0 Å². The Hall–Kier alpha value is -0.500. The van der Waals surface area contributed by atoms with E-state index in [-0.39, 0.29) is 17.8 Å². The lowest BCUT2D eigenvalue weighted by Crippen LogP contribution is -2.19. The van der Waals surface area contributed by atoms with Crippen molar-refractivity contribution in [2.75, 3.05) is 0 Å². The minimum atomic E-state index is -0.374. The Morgan fingerprint density at radius 2 is 2.27 bits per heavy atom. The van der Waals surface area contributed by atoms with E-state index in [0.29, 0.717) is 6.42 Å². The largest absolute Gasteiger partial charge is 0.347 e. The molecule has 0 aliphatic carbocycles. The van der Waals surface area contributed by atoms with Crippen LogP contribution in [0.1, 0.15) is 20.3 Å². The van der Waals surface area contributed by atoms with Gasteiger partial charge < -0.3 is 4.29 Å². The standard InChI is InChI=1S/C8H13ClO2/c1-4-5-7(6(2)3)8(10)11-9/h4,6-7H,1,5H2,2-3H3. The van der Waals surface area contributed by atoms with Crippen molar-refractivity contribution in [2.45, 2.75) is 20.3 Å². The van der Waals surface area contributed by atoms with Crippen LogP contribution >= 0.6 is 11.9 Å². The molecule has 0 aromatic carbocycles. The summed E-state index contributed by atoms with van der Waals surface area (Å²) in [6.45, 7) is 7.44. The van der Waals surface area contributed by atoms with Gasteiger partial charge in [0.2, 0.25) is 0 Å². The van der Waals surface area contributed by atoms with E-state index < -0.39 is 0 Å². The van der Waals surface area contributed by atoms with Gasteiger partial charge in [0.05, 0.1) is 5.92 Å². The summed E-state index contributed by atoms with van der Waals surface area (Å²) in [5.41, 5.74) is 0. The highest BCUT2D eigenvalue weighted by atomic mass is 35.5. The molecule has 3 heteroatoms. The number of rotatable bonds is 4. The molecule has 0 aromatic heterocycles. The molecule has 0 spiro atoms. The van der Waals surface area contributed by atoms with Crippen LogP contribution in [-0.4, -0.2) is 5.97 Å². The fourth-order valence-electron chi connectivity index (χ4n) is 0.877. The number of hydrogen-bond acceptors (Lipinski definition) is 2. The van der Waals surface area contributed by atoms with Crippen molar-refractivity contribution < 1.29 is 9.08 Å². The van der Waals surface area contributed by atoms with Gasteiger partial charge in [0.25, 0.3) is 0 Å². The van der Waals surface area contributed by atoms with Crippen LogP contribution in [0, 0.1) is 11.8 Å². The first-order chi connectivity index (χ1) is 5.13. The average Bonchev–Trinajstić information content (AvgIpc) is 1.98. The molecule has 0 aliphatic heterocycles. The van der Waals surface area contributed by atoms with Gasteiger partial charge in [-0.25, -0.2) is 0 Å². The Morgan fingerprint density at radius 3 is 2.55 bits per heavy atom. The van der Waals surface area contributed by atoms with Crippen LogP contribution in [-0.2, 0) is 9.08 Å². The molecule has 0 saturated carbocycles. The molecule has 64 valence electrons. The average molecular weight is 177 g/mol. The summed E-state index contributed by atoms with van der Waals surface area (Å²) in [5, 5.41) is 0. The van der Waals surface area contributed by atoms with Crippen LogP contribution in [0.25, 0.3) is 0 Å². The minimum Gasteiger partial charge on any atom is -0.347 e. The molecule has 0 saturated heterocycles. The van der Waals surface area contributed by atoms with Crippen LogP contribution < -0.4 is 0 Å². The van der Waals surface area contributed by atoms with Gasteiger partial charge in [-0.2, -0.15) is 0 Å². The molecule has 1 unspecified atom stereocenters. The zero-order valence-electron chi connectivity index (χ0n) is 6.84. The van der Waals surface area contributed by atoms with E-state index in [0.717, 1.165) is 0 Å². The maximum atomic E-state index is 10.9. The highest BCUT2D eigenvalue weighted by Gasteiger charge is 2.21. The van der Waals surface area contributed by atoms with E-state index >= 15 is 0 Å². The van der Waals surface area contributed by atoms with E-state index in [1.165, 1.54) is 0 Å². The molecule has 2 nitrogen and oxygen atoms in total. The predicted molar refractivity (Wildman–Crippen MR) is 45.1 cm³/mol.